The number of rotatable bonds is 7. The molecular formula is C12H22O3. The van der Waals surface area contributed by atoms with Crippen molar-refractivity contribution in [2.75, 3.05) is 19.8 Å². The lowest BCUT2D eigenvalue weighted by Gasteiger charge is -2.37. The molecule has 0 unspecified atom stereocenters. The van der Waals surface area contributed by atoms with Gasteiger partial charge in [-0.1, -0.05) is 33.1 Å². The quantitative estimate of drug-likeness (QED) is 0.482. The number of ether oxygens (including phenoxy) is 2. The van der Waals surface area contributed by atoms with Crippen LogP contribution in [0.5, 0.6) is 0 Å². The summed E-state index contributed by atoms with van der Waals surface area (Å²) in [4.78, 5) is 11.3. The highest BCUT2D eigenvalue weighted by atomic mass is 16.5. The maximum absolute atomic E-state index is 11.3. The Kier molecular flexibility index (Phi) is 5.09. The van der Waals surface area contributed by atoms with Crippen molar-refractivity contribution in [1.82, 2.24) is 0 Å². The van der Waals surface area contributed by atoms with E-state index in [1.54, 1.807) is 0 Å². The summed E-state index contributed by atoms with van der Waals surface area (Å²) in [6.07, 6.45) is 5.06. The summed E-state index contributed by atoms with van der Waals surface area (Å²) < 4.78 is 10.3. The van der Waals surface area contributed by atoms with Crippen molar-refractivity contribution >= 4 is 5.97 Å². The minimum atomic E-state index is -0.0563. The molecule has 0 saturated carbocycles. The van der Waals surface area contributed by atoms with E-state index in [9.17, 15) is 4.79 Å². The van der Waals surface area contributed by atoms with Crippen LogP contribution in [0.4, 0.5) is 0 Å². The molecule has 0 bridgehead atoms. The first kappa shape index (κ1) is 12.5. The highest BCUT2D eigenvalue weighted by molar-refractivity contribution is 5.69. The van der Waals surface area contributed by atoms with Crippen molar-refractivity contribution in [2.45, 2.75) is 46.0 Å². The Hall–Kier alpha value is -0.570. The number of unbranched alkanes of at least 4 members (excludes halogenated alkanes) is 3. The van der Waals surface area contributed by atoms with Crippen LogP contribution in [0.2, 0.25) is 0 Å². The average molecular weight is 214 g/mol. The van der Waals surface area contributed by atoms with Crippen LogP contribution in [-0.2, 0) is 14.3 Å². The average Bonchev–Trinajstić information content (AvgIpc) is 2.19. The van der Waals surface area contributed by atoms with Crippen molar-refractivity contribution in [1.29, 1.82) is 0 Å². The van der Waals surface area contributed by atoms with E-state index in [-0.39, 0.29) is 11.4 Å². The zero-order valence-electron chi connectivity index (χ0n) is 9.88. The van der Waals surface area contributed by atoms with Gasteiger partial charge in [0.1, 0.15) is 6.61 Å². The molecule has 1 fully saturated rings. The van der Waals surface area contributed by atoms with Gasteiger partial charge in [0, 0.05) is 11.8 Å². The van der Waals surface area contributed by atoms with Crippen molar-refractivity contribution in [3.63, 3.8) is 0 Å². The van der Waals surface area contributed by atoms with Gasteiger partial charge in [0.15, 0.2) is 0 Å². The van der Waals surface area contributed by atoms with Crippen LogP contribution in [0.25, 0.3) is 0 Å². The topological polar surface area (TPSA) is 35.5 Å². The fraction of sp³-hybridized carbons (Fsp3) is 0.917. The molecule has 3 heteroatoms. The number of hydrogen-bond acceptors (Lipinski definition) is 3. The molecule has 0 amide bonds. The minimum absolute atomic E-state index is 0.0563. The Morgan fingerprint density at radius 2 is 2.07 bits per heavy atom. The lowest BCUT2D eigenvalue weighted by molar-refractivity contribution is -0.165. The largest absolute Gasteiger partial charge is 0.465 e. The van der Waals surface area contributed by atoms with Gasteiger partial charge in [0.25, 0.3) is 0 Å². The monoisotopic (exact) mass is 214 g/mol. The third-order valence-corrected chi connectivity index (χ3v) is 2.72. The number of hydrogen-bond donors (Lipinski definition) is 0. The molecule has 1 saturated heterocycles. The Labute approximate surface area is 92.1 Å². The fourth-order valence-corrected chi connectivity index (χ4v) is 1.56. The number of carbonyl (C=O) groups is 1. The van der Waals surface area contributed by atoms with Gasteiger partial charge in [0.05, 0.1) is 13.2 Å². The molecule has 1 aliphatic heterocycles. The minimum Gasteiger partial charge on any atom is -0.465 e. The van der Waals surface area contributed by atoms with Crippen LogP contribution < -0.4 is 0 Å². The summed E-state index contributed by atoms with van der Waals surface area (Å²) in [5.74, 6) is -0.0563. The summed E-state index contributed by atoms with van der Waals surface area (Å²) in [5.41, 5.74) is 0.0824. The van der Waals surface area contributed by atoms with Gasteiger partial charge in [-0.15, -0.1) is 0 Å². The first-order valence-corrected chi connectivity index (χ1v) is 5.90. The molecule has 0 aliphatic carbocycles. The van der Waals surface area contributed by atoms with Crippen molar-refractivity contribution in [3.8, 4) is 0 Å². The maximum Gasteiger partial charge on any atom is 0.305 e. The summed E-state index contributed by atoms with van der Waals surface area (Å²) in [7, 11) is 0. The van der Waals surface area contributed by atoms with Crippen LogP contribution in [0, 0.1) is 5.41 Å². The van der Waals surface area contributed by atoms with E-state index in [1.807, 2.05) is 0 Å². The SMILES string of the molecule is CCCCCCC(=O)OCC1(C)COC1. The van der Waals surface area contributed by atoms with Crippen LogP contribution in [-0.4, -0.2) is 25.8 Å². The van der Waals surface area contributed by atoms with Crippen LogP contribution in [0.15, 0.2) is 0 Å². The summed E-state index contributed by atoms with van der Waals surface area (Å²) >= 11 is 0. The molecule has 0 aromatic rings. The van der Waals surface area contributed by atoms with E-state index < -0.39 is 0 Å². The maximum atomic E-state index is 11.3. The molecular weight excluding hydrogens is 192 g/mol. The normalized spacial score (nSPS) is 18.3. The second-order valence-electron chi connectivity index (χ2n) is 4.77. The predicted molar refractivity (Wildman–Crippen MR) is 58.6 cm³/mol. The Morgan fingerprint density at radius 3 is 2.60 bits per heavy atom. The molecule has 0 aromatic heterocycles. The van der Waals surface area contributed by atoms with Gasteiger partial charge >= 0.3 is 5.97 Å². The molecule has 3 nitrogen and oxygen atoms in total. The summed E-state index contributed by atoms with van der Waals surface area (Å²) in [6, 6.07) is 0. The van der Waals surface area contributed by atoms with Gasteiger partial charge in [-0.05, 0) is 6.42 Å². The predicted octanol–water partition coefficient (Wildman–Crippen LogP) is 2.54. The molecule has 0 N–H and O–H groups in total. The first-order chi connectivity index (χ1) is 7.16. The Morgan fingerprint density at radius 1 is 1.33 bits per heavy atom. The first-order valence-electron chi connectivity index (χ1n) is 5.90. The van der Waals surface area contributed by atoms with E-state index in [2.05, 4.69) is 13.8 Å². The lowest BCUT2D eigenvalue weighted by Crippen LogP contribution is -2.44. The van der Waals surface area contributed by atoms with Crippen molar-refractivity contribution in [2.24, 2.45) is 5.41 Å². The molecule has 1 heterocycles. The van der Waals surface area contributed by atoms with E-state index in [0.717, 1.165) is 26.1 Å². The summed E-state index contributed by atoms with van der Waals surface area (Å²) in [6.45, 7) is 6.20. The van der Waals surface area contributed by atoms with E-state index in [0.29, 0.717) is 13.0 Å². The Balaban J connectivity index is 1.98. The molecule has 88 valence electrons. The highest BCUT2D eigenvalue weighted by Gasteiger charge is 2.34. The molecule has 15 heavy (non-hydrogen) atoms. The van der Waals surface area contributed by atoms with Crippen molar-refractivity contribution in [3.05, 3.63) is 0 Å². The third-order valence-electron chi connectivity index (χ3n) is 2.72. The molecule has 0 radical (unpaired) electrons. The van der Waals surface area contributed by atoms with Gasteiger partial charge in [0.2, 0.25) is 0 Å². The second kappa shape index (κ2) is 6.11. The zero-order valence-corrected chi connectivity index (χ0v) is 9.88. The fourth-order valence-electron chi connectivity index (χ4n) is 1.56. The molecule has 0 atom stereocenters. The standard InChI is InChI=1S/C12H22O3/c1-3-4-5-6-7-11(13)15-10-12(2)8-14-9-12/h3-10H2,1-2H3. The summed E-state index contributed by atoms with van der Waals surface area (Å²) in [5, 5.41) is 0. The Bertz CT molecular complexity index is 197. The molecule has 1 rings (SSSR count). The van der Waals surface area contributed by atoms with Gasteiger partial charge in [-0.2, -0.15) is 0 Å². The van der Waals surface area contributed by atoms with Crippen molar-refractivity contribution < 1.29 is 14.3 Å². The van der Waals surface area contributed by atoms with E-state index >= 15 is 0 Å². The van der Waals surface area contributed by atoms with Gasteiger partial charge in [-0.3, -0.25) is 4.79 Å². The van der Waals surface area contributed by atoms with Crippen LogP contribution >= 0.6 is 0 Å². The van der Waals surface area contributed by atoms with Crippen LogP contribution in [0.3, 0.4) is 0 Å². The molecule has 0 aromatic carbocycles. The van der Waals surface area contributed by atoms with E-state index in [1.165, 1.54) is 12.8 Å². The van der Waals surface area contributed by atoms with Gasteiger partial charge in [-0.25, -0.2) is 0 Å². The van der Waals surface area contributed by atoms with Gasteiger partial charge < -0.3 is 9.47 Å². The number of carbonyl (C=O) groups excluding carboxylic acids is 1. The molecule has 0 spiro atoms. The zero-order chi connectivity index (χ0) is 11.1. The second-order valence-corrected chi connectivity index (χ2v) is 4.77. The van der Waals surface area contributed by atoms with E-state index in [4.69, 9.17) is 9.47 Å². The molecule has 1 aliphatic rings. The highest BCUT2D eigenvalue weighted by Crippen LogP contribution is 2.26. The third kappa shape index (κ3) is 4.65. The lowest BCUT2D eigenvalue weighted by atomic mass is 9.90. The smallest absolute Gasteiger partial charge is 0.305 e. The van der Waals surface area contributed by atoms with Crippen LogP contribution in [0.1, 0.15) is 46.0 Å². The number of esters is 1.